The van der Waals surface area contributed by atoms with Gasteiger partial charge in [-0.15, -0.1) is 0 Å². The largest absolute Gasteiger partial charge is 0.446 e. The van der Waals surface area contributed by atoms with Gasteiger partial charge in [0, 0.05) is 15.8 Å². The highest BCUT2D eigenvalue weighted by Crippen LogP contribution is 2.40. The van der Waals surface area contributed by atoms with Crippen molar-refractivity contribution in [3.05, 3.63) is 28.2 Å². The van der Waals surface area contributed by atoms with Gasteiger partial charge in [-0.05, 0) is 51.8 Å². The molecular weight excluding hydrogens is 305 g/mol. The summed E-state index contributed by atoms with van der Waals surface area (Å²) in [7, 11) is 0. The molecule has 0 saturated heterocycles. The second-order valence-electron chi connectivity index (χ2n) is 3.02. The van der Waals surface area contributed by atoms with Gasteiger partial charge in [-0.3, -0.25) is 0 Å². The minimum atomic E-state index is -4.28. The van der Waals surface area contributed by atoms with Gasteiger partial charge in [0.2, 0.25) is 0 Å². The van der Waals surface area contributed by atoms with Crippen LogP contribution in [0.3, 0.4) is 0 Å². The predicted molar refractivity (Wildman–Crippen MR) is 60.4 cm³/mol. The zero-order chi connectivity index (χ0) is 12.2. The van der Waals surface area contributed by atoms with E-state index >= 15 is 0 Å². The van der Waals surface area contributed by atoms with Gasteiger partial charge in [-0.2, -0.15) is 13.2 Å². The van der Waals surface area contributed by atoms with Crippen molar-refractivity contribution in [3.63, 3.8) is 0 Å². The molecule has 0 aromatic heterocycles. The smallest absolute Gasteiger partial charge is 0.303 e. The summed E-state index contributed by atoms with van der Waals surface area (Å²) in [6, 6.07) is 4.61. The summed E-state index contributed by atoms with van der Waals surface area (Å²) in [4.78, 5) is 10.3. The van der Waals surface area contributed by atoms with Crippen molar-refractivity contribution in [2.24, 2.45) is 0 Å². The molecule has 1 aromatic rings. The highest BCUT2D eigenvalue weighted by atomic mass is 79.9. The molecule has 88 valence electrons. The van der Waals surface area contributed by atoms with Gasteiger partial charge in [-0.1, -0.05) is 6.07 Å². The number of aryl methyl sites for hydroxylation is 1. The van der Waals surface area contributed by atoms with Gasteiger partial charge < -0.3 is 4.79 Å². The molecule has 0 aliphatic carbocycles. The van der Waals surface area contributed by atoms with Gasteiger partial charge in [0.1, 0.15) is 6.29 Å². The van der Waals surface area contributed by atoms with E-state index in [9.17, 15) is 18.0 Å². The third-order valence-electron chi connectivity index (χ3n) is 1.77. The fraction of sp³-hybridized carbons (Fsp3) is 0.300. The number of carbonyl (C=O) groups is 1. The maximum absolute atomic E-state index is 12.1. The highest BCUT2D eigenvalue weighted by molar-refractivity contribution is 9.10. The van der Waals surface area contributed by atoms with E-state index in [1.165, 1.54) is 6.07 Å². The lowest BCUT2D eigenvalue weighted by Crippen LogP contribution is -1.99. The van der Waals surface area contributed by atoms with Gasteiger partial charge in [0.25, 0.3) is 0 Å². The Morgan fingerprint density at radius 3 is 2.56 bits per heavy atom. The van der Waals surface area contributed by atoms with Crippen LogP contribution in [0.2, 0.25) is 0 Å². The molecule has 0 spiro atoms. The summed E-state index contributed by atoms with van der Waals surface area (Å²) < 4.78 is 36.8. The van der Waals surface area contributed by atoms with Gasteiger partial charge in [-0.25, -0.2) is 0 Å². The summed E-state index contributed by atoms with van der Waals surface area (Å²) in [6.07, 6.45) is 1.70. The molecule has 1 nitrogen and oxygen atoms in total. The minimum absolute atomic E-state index is 0.127. The maximum Gasteiger partial charge on any atom is 0.446 e. The summed E-state index contributed by atoms with van der Waals surface area (Å²) in [5.74, 6) is 0. The fourth-order valence-electron chi connectivity index (χ4n) is 1.13. The van der Waals surface area contributed by atoms with E-state index in [0.717, 1.165) is 11.8 Å². The Kier molecular flexibility index (Phi) is 4.86. The average Bonchev–Trinajstić information content (AvgIpc) is 2.17. The molecular formula is C10H8BrF3OS. The summed E-state index contributed by atoms with van der Waals surface area (Å²) in [5.41, 5.74) is -3.45. The van der Waals surface area contributed by atoms with Crippen LogP contribution in [-0.2, 0) is 11.2 Å². The fourth-order valence-corrected chi connectivity index (χ4v) is 2.34. The first-order chi connectivity index (χ1) is 7.42. The van der Waals surface area contributed by atoms with Crippen molar-refractivity contribution in [3.8, 4) is 0 Å². The first-order valence-electron chi connectivity index (χ1n) is 4.40. The van der Waals surface area contributed by atoms with Crippen LogP contribution < -0.4 is 0 Å². The number of benzene rings is 1. The number of hydrogen-bond acceptors (Lipinski definition) is 2. The van der Waals surface area contributed by atoms with E-state index in [-0.39, 0.29) is 16.7 Å². The Bertz CT molecular complexity index is 379. The number of halogens is 4. The van der Waals surface area contributed by atoms with Gasteiger partial charge >= 0.3 is 5.51 Å². The molecule has 0 N–H and O–H groups in total. The Labute approximate surface area is 104 Å². The highest BCUT2D eigenvalue weighted by Gasteiger charge is 2.30. The topological polar surface area (TPSA) is 17.1 Å². The molecule has 0 radical (unpaired) electrons. The number of aldehydes is 1. The zero-order valence-corrected chi connectivity index (χ0v) is 10.5. The molecule has 0 aliphatic rings. The van der Waals surface area contributed by atoms with Crippen LogP contribution in [0.25, 0.3) is 0 Å². The Morgan fingerprint density at radius 2 is 2.06 bits per heavy atom. The van der Waals surface area contributed by atoms with E-state index in [4.69, 9.17) is 0 Å². The lowest BCUT2D eigenvalue weighted by Gasteiger charge is -2.08. The molecule has 1 aromatic carbocycles. The number of alkyl halides is 3. The second-order valence-corrected chi connectivity index (χ2v) is 4.98. The molecule has 0 amide bonds. The Hall–Kier alpha value is -0.490. The van der Waals surface area contributed by atoms with Crippen molar-refractivity contribution in [2.75, 3.05) is 0 Å². The van der Waals surface area contributed by atoms with Crippen molar-refractivity contribution in [1.82, 2.24) is 0 Å². The predicted octanol–water partition coefficient (Wildman–Crippen LogP) is 4.19. The molecule has 16 heavy (non-hydrogen) atoms. The van der Waals surface area contributed by atoms with Gasteiger partial charge in [0.15, 0.2) is 0 Å². The van der Waals surface area contributed by atoms with Crippen LogP contribution in [-0.4, -0.2) is 11.8 Å². The quantitative estimate of drug-likeness (QED) is 0.612. The minimum Gasteiger partial charge on any atom is -0.303 e. The molecule has 0 aliphatic heterocycles. The molecule has 6 heteroatoms. The van der Waals surface area contributed by atoms with E-state index < -0.39 is 5.51 Å². The molecule has 0 heterocycles. The number of carbonyl (C=O) groups excluding carboxylic acids is 1. The van der Waals surface area contributed by atoms with Crippen LogP contribution in [0, 0.1) is 0 Å². The van der Waals surface area contributed by atoms with E-state index in [1.54, 1.807) is 12.1 Å². The van der Waals surface area contributed by atoms with Crippen molar-refractivity contribution >= 4 is 34.0 Å². The van der Waals surface area contributed by atoms with Crippen molar-refractivity contribution in [2.45, 2.75) is 23.2 Å². The Morgan fingerprint density at radius 1 is 1.38 bits per heavy atom. The molecule has 1 rings (SSSR count). The molecule has 0 bridgehead atoms. The first-order valence-corrected chi connectivity index (χ1v) is 6.01. The summed E-state index contributed by atoms with van der Waals surface area (Å²) in [6.45, 7) is 0. The zero-order valence-electron chi connectivity index (χ0n) is 8.05. The monoisotopic (exact) mass is 312 g/mol. The lowest BCUT2D eigenvalue weighted by atomic mass is 10.1. The van der Waals surface area contributed by atoms with Crippen molar-refractivity contribution in [1.29, 1.82) is 0 Å². The summed E-state index contributed by atoms with van der Waals surface area (Å²) >= 11 is 2.93. The van der Waals surface area contributed by atoms with Crippen LogP contribution in [0.5, 0.6) is 0 Å². The lowest BCUT2D eigenvalue weighted by molar-refractivity contribution is -0.107. The van der Waals surface area contributed by atoms with Crippen LogP contribution in [0.1, 0.15) is 12.0 Å². The molecule has 0 atom stereocenters. The third-order valence-corrected chi connectivity index (χ3v) is 3.50. The molecule has 0 fully saturated rings. The van der Waals surface area contributed by atoms with Gasteiger partial charge in [0.05, 0.1) is 0 Å². The second kappa shape index (κ2) is 5.72. The molecule has 0 saturated carbocycles. The molecule has 0 unspecified atom stereocenters. The SMILES string of the molecule is O=CCCc1ccc(SC(F)(F)F)c(Br)c1. The number of hydrogen-bond donors (Lipinski definition) is 0. The average molecular weight is 313 g/mol. The summed E-state index contributed by atoms with van der Waals surface area (Å²) in [5, 5.41) is 0. The van der Waals surface area contributed by atoms with Crippen molar-refractivity contribution < 1.29 is 18.0 Å². The third kappa shape index (κ3) is 4.57. The standard InChI is InChI=1S/C10H8BrF3OS/c11-8-6-7(2-1-5-15)3-4-9(8)16-10(12,13)14/h3-6H,1-2H2. The number of thioether (sulfide) groups is 1. The van der Waals surface area contributed by atoms with Crippen LogP contribution >= 0.6 is 27.7 Å². The van der Waals surface area contributed by atoms with Crippen LogP contribution in [0.4, 0.5) is 13.2 Å². The Balaban J connectivity index is 2.79. The van der Waals surface area contributed by atoms with Crippen LogP contribution in [0.15, 0.2) is 27.6 Å². The normalized spacial score (nSPS) is 11.5. The maximum atomic E-state index is 12.1. The van der Waals surface area contributed by atoms with E-state index in [2.05, 4.69) is 15.9 Å². The van der Waals surface area contributed by atoms with E-state index in [1.807, 2.05) is 0 Å². The number of rotatable bonds is 4. The first kappa shape index (κ1) is 13.6. The van der Waals surface area contributed by atoms with E-state index in [0.29, 0.717) is 17.3 Å².